The third-order valence-corrected chi connectivity index (χ3v) is 2.47. The van der Waals surface area contributed by atoms with E-state index in [2.05, 4.69) is 5.10 Å². The Morgan fingerprint density at radius 1 is 1.36 bits per heavy atom. The molecule has 0 radical (unpaired) electrons. The summed E-state index contributed by atoms with van der Waals surface area (Å²) in [5, 5.41) is 5.94. The molecule has 0 aromatic rings. The topological polar surface area (TPSA) is 50.9 Å². The number of rotatable bonds is 0. The number of hydrazone groups is 1. The minimum absolute atomic E-state index is 0.0231. The summed E-state index contributed by atoms with van der Waals surface area (Å²) in [5.41, 5.74) is 7.69. The van der Waals surface area contributed by atoms with Gasteiger partial charge in [-0.2, -0.15) is 0 Å². The van der Waals surface area contributed by atoms with Crippen LogP contribution in [0.15, 0.2) is 52.6 Å². The Morgan fingerprint density at radius 2 is 2.29 bits per heavy atom. The highest BCUT2D eigenvalue weighted by atomic mass is 16.5. The fourth-order valence-corrected chi connectivity index (χ4v) is 1.80. The van der Waals surface area contributed by atoms with Gasteiger partial charge in [0.2, 0.25) is 0 Å². The molecular weight excluding hydrogens is 178 g/mol. The Bertz CT molecular complexity index is 429. The lowest BCUT2D eigenvalue weighted by Crippen LogP contribution is -2.38. The molecule has 3 aliphatic rings. The first kappa shape index (κ1) is 7.44. The molecule has 2 aliphatic heterocycles. The molecular formula is C10H9N3O. The van der Waals surface area contributed by atoms with E-state index in [1.54, 1.807) is 0 Å². The first-order valence-corrected chi connectivity index (χ1v) is 4.40. The average Bonchev–Trinajstić information content (AvgIpc) is 2.24. The SMILES string of the molecule is NC1=CC=C2OC=NN3C=CC=C1C23. The summed E-state index contributed by atoms with van der Waals surface area (Å²) in [7, 11) is 0. The summed E-state index contributed by atoms with van der Waals surface area (Å²) in [6, 6.07) is 0.0231. The predicted octanol–water partition coefficient (Wildman–Crippen LogP) is 0.824. The highest BCUT2D eigenvalue weighted by Crippen LogP contribution is 2.32. The second-order valence-electron chi connectivity index (χ2n) is 3.28. The molecule has 0 aromatic heterocycles. The fourth-order valence-electron chi connectivity index (χ4n) is 1.80. The first-order valence-electron chi connectivity index (χ1n) is 4.40. The Morgan fingerprint density at radius 3 is 3.21 bits per heavy atom. The molecule has 4 nitrogen and oxygen atoms in total. The van der Waals surface area contributed by atoms with Gasteiger partial charge in [-0.15, -0.1) is 5.10 Å². The Kier molecular flexibility index (Phi) is 1.33. The molecule has 0 fully saturated rings. The summed E-state index contributed by atoms with van der Waals surface area (Å²) < 4.78 is 5.32. The zero-order chi connectivity index (χ0) is 9.54. The highest BCUT2D eigenvalue weighted by Gasteiger charge is 2.32. The molecule has 70 valence electrons. The first-order chi connectivity index (χ1) is 6.86. The maximum absolute atomic E-state index is 5.87. The van der Waals surface area contributed by atoms with Gasteiger partial charge in [0, 0.05) is 17.5 Å². The van der Waals surface area contributed by atoms with Crippen molar-refractivity contribution < 1.29 is 4.74 Å². The molecule has 3 rings (SSSR count). The Labute approximate surface area is 81.3 Å². The summed E-state index contributed by atoms with van der Waals surface area (Å²) in [4.78, 5) is 0. The zero-order valence-corrected chi connectivity index (χ0v) is 7.42. The van der Waals surface area contributed by atoms with Crippen LogP contribution in [0.2, 0.25) is 0 Å². The van der Waals surface area contributed by atoms with E-state index in [0.717, 1.165) is 17.0 Å². The summed E-state index contributed by atoms with van der Waals surface area (Å²) in [6.45, 7) is 0. The van der Waals surface area contributed by atoms with Gasteiger partial charge in [0.05, 0.1) is 0 Å². The number of ether oxygens (including phenoxy) is 1. The van der Waals surface area contributed by atoms with Crippen molar-refractivity contribution in [3.05, 3.63) is 47.5 Å². The van der Waals surface area contributed by atoms with Gasteiger partial charge in [0.15, 0.2) is 6.40 Å². The molecule has 1 aliphatic carbocycles. The standard InChI is InChI=1S/C10H9N3O/c11-8-3-4-9-10-7(8)2-1-5-13(10)12-6-14-9/h1-6,10H,11H2. The second-order valence-corrected chi connectivity index (χ2v) is 3.28. The number of allylic oxidation sites excluding steroid dienone is 4. The highest BCUT2D eigenvalue weighted by molar-refractivity contribution is 5.57. The van der Waals surface area contributed by atoms with Crippen molar-refractivity contribution in [2.75, 3.05) is 0 Å². The normalized spacial score (nSPS) is 27.3. The van der Waals surface area contributed by atoms with Crippen LogP contribution in [0.1, 0.15) is 0 Å². The van der Waals surface area contributed by atoms with Gasteiger partial charge in [0.1, 0.15) is 11.8 Å². The minimum atomic E-state index is 0.0231. The molecule has 2 heterocycles. The molecule has 4 heteroatoms. The van der Waals surface area contributed by atoms with Crippen LogP contribution in [0.4, 0.5) is 0 Å². The van der Waals surface area contributed by atoms with Gasteiger partial charge in [-0.25, -0.2) is 0 Å². The molecule has 0 aromatic carbocycles. The van der Waals surface area contributed by atoms with Crippen LogP contribution in [0, 0.1) is 0 Å². The summed E-state index contributed by atoms with van der Waals surface area (Å²) >= 11 is 0. The molecule has 0 amide bonds. The molecule has 0 bridgehead atoms. The van der Waals surface area contributed by atoms with Gasteiger partial charge in [-0.3, -0.25) is 5.01 Å². The van der Waals surface area contributed by atoms with E-state index in [4.69, 9.17) is 10.5 Å². The van der Waals surface area contributed by atoms with Crippen LogP contribution in [-0.2, 0) is 4.74 Å². The van der Waals surface area contributed by atoms with E-state index >= 15 is 0 Å². The molecule has 0 saturated carbocycles. The van der Waals surface area contributed by atoms with E-state index in [9.17, 15) is 0 Å². The Balaban J connectivity index is 2.17. The molecule has 0 spiro atoms. The van der Waals surface area contributed by atoms with Crippen LogP contribution >= 0.6 is 0 Å². The maximum atomic E-state index is 5.87. The van der Waals surface area contributed by atoms with Gasteiger partial charge < -0.3 is 10.5 Å². The molecule has 14 heavy (non-hydrogen) atoms. The molecule has 0 saturated heterocycles. The number of hydrogen-bond acceptors (Lipinski definition) is 4. The monoisotopic (exact) mass is 187 g/mol. The zero-order valence-electron chi connectivity index (χ0n) is 7.42. The van der Waals surface area contributed by atoms with Crippen LogP contribution in [0.3, 0.4) is 0 Å². The lowest BCUT2D eigenvalue weighted by Gasteiger charge is -2.35. The van der Waals surface area contributed by atoms with Crippen molar-refractivity contribution >= 4 is 6.40 Å². The van der Waals surface area contributed by atoms with Gasteiger partial charge in [0.25, 0.3) is 0 Å². The van der Waals surface area contributed by atoms with Crippen LogP contribution < -0.4 is 5.73 Å². The lowest BCUT2D eigenvalue weighted by molar-refractivity contribution is 0.233. The predicted molar refractivity (Wildman–Crippen MR) is 52.8 cm³/mol. The third-order valence-electron chi connectivity index (χ3n) is 2.47. The van der Waals surface area contributed by atoms with Crippen molar-refractivity contribution in [2.24, 2.45) is 10.8 Å². The van der Waals surface area contributed by atoms with Crippen molar-refractivity contribution in [1.29, 1.82) is 0 Å². The lowest BCUT2D eigenvalue weighted by atomic mass is 9.94. The van der Waals surface area contributed by atoms with E-state index < -0.39 is 0 Å². The third kappa shape index (κ3) is 0.849. The van der Waals surface area contributed by atoms with Crippen molar-refractivity contribution in [2.45, 2.75) is 6.04 Å². The number of nitrogens with two attached hydrogens (primary N) is 1. The van der Waals surface area contributed by atoms with Crippen LogP contribution in [-0.4, -0.2) is 17.5 Å². The fraction of sp³-hybridized carbons (Fsp3) is 0.100. The smallest absolute Gasteiger partial charge is 0.199 e. The van der Waals surface area contributed by atoms with Gasteiger partial charge in [-0.1, -0.05) is 6.08 Å². The maximum Gasteiger partial charge on any atom is 0.199 e. The number of nitrogens with zero attached hydrogens (tertiary/aromatic N) is 2. The largest absolute Gasteiger partial charge is 0.446 e. The van der Waals surface area contributed by atoms with Crippen LogP contribution in [0.5, 0.6) is 0 Å². The van der Waals surface area contributed by atoms with E-state index in [1.165, 1.54) is 6.40 Å². The number of hydrogen-bond donors (Lipinski definition) is 1. The summed E-state index contributed by atoms with van der Waals surface area (Å²) in [6.07, 6.45) is 11.0. The van der Waals surface area contributed by atoms with E-state index in [0.29, 0.717) is 0 Å². The van der Waals surface area contributed by atoms with Crippen molar-refractivity contribution in [3.8, 4) is 0 Å². The molecule has 1 unspecified atom stereocenters. The average molecular weight is 187 g/mol. The molecule has 2 N–H and O–H groups in total. The quantitative estimate of drug-likeness (QED) is 0.611. The van der Waals surface area contributed by atoms with Crippen LogP contribution in [0.25, 0.3) is 0 Å². The van der Waals surface area contributed by atoms with Gasteiger partial charge in [-0.05, 0) is 18.2 Å². The van der Waals surface area contributed by atoms with E-state index in [1.807, 2.05) is 35.5 Å². The second kappa shape index (κ2) is 2.51. The van der Waals surface area contributed by atoms with Gasteiger partial charge >= 0.3 is 0 Å². The minimum Gasteiger partial charge on any atom is -0.446 e. The van der Waals surface area contributed by atoms with Crippen molar-refractivity contribution in [3.63, 3.8) is 0 Å². The molecule has 1 atom stereocenters. The van der Waals surface area contributed by atoms with E-state index in [-0.39, 0.29) is 6.04 Å². The van der Waals surface area contributed by atoms with Crippen molar-refractivity contribution in [1.82, 2.24) is 5.01 Å². The Hall–Kier alpha value is -1.97. The summed E-state index contributed by atoms with van der Waals surface area (Å²) in [5.74, 6) is 0.866.